The molecule has 0 aromatic carbocycles. The third-order valence-corrected chi connectivity index (χ3v) is 4.86. The van der Waals surface area contributed by atoms with Crippen LogP contribution in [-0.2, 0) is 4.79 Å². The summed E-state index contributed by atoms with van der Waals surface area (Å²) in [7, 11) is 0. The summed E-state index contributed by atoms with van der Waals surface area (Å²) in [6.45, 7) is 5.68. The highest BCUT2D eigenvalue weighted by Crippen LogP contribution is 2.13. The van der Waals surface area contributed by atoms with Crippen LogP contribution in [0.2, 0.25) is 0 Å². The van der Waals surface area contributed by atoms with Crippen LogP contribution < -0.4 is 0 Å². The number of carbonyl (C=O) groups excluding carboxylic acids is 1. The largest absolute Gasteiger partial charge is 0.342 e. The van der Waals surface area contributed by atoms with Crippen LogP contribution in [0.15, 0.2) is 0 Å². The van der Waals surface area contributed by atoms with Gasteiger partial charge in [0, 0.05) is 25.4 Å². The van der Waals surface area contributed by atoms with Gasteiger partial charge in [-0.2, -0.15) is 11.8 Å². The second-order valence-electron chi connectivity index (χ2n) is 5.40. The Bertz CT molecular complexity index is 246. The minimum Gasteiger partial charge on any atom is -0.342 e. The molecule has 0 aliphatic carbocycles. The van der Waals surface area contributed by atoms with Crippen molar-refractivity contribution in [3.63, 3.8) is 0 Å². The Kier molecular flexibility index (Phi) is 6.35. The molecule has 18 heavy (non-hydrogen) atoms. The highest BCUT2D eigenvalue weighted by Gasteiger charge is 2.17. The monoisotopic (exact) mass is 270 g/mol. The summed E-state index contributed by atoms with van der Waals surface area (Å²) in [6, 6.07) is 0. The number of nitrogens with zero attached hydrogens (tertiary/aromatic N) is 2. The second-order valence-corrected chi connectivity index (χ2v) is 6.50. The van der Waals surface area contributed by atoms with Gasteiger partial charge in [-0.1, -0.05) is 12.8 Å². The van der Waals surface area contributed by atoms with Crippen molar-refractivity contribution in [2.75, 3.05) is 44.2 Å². The molecular weight excluding hydrogens is 244 g/mol. The van der Waals surface area contributed by atoms with Crippen molar-refractivity contribution in [2.45, 2.75) is 38.5 Å². The van der Waals surface area contributed by atoms with Crippen molar-refractivity contribution in [1.29, 1.82) is 0 Å². The van der Waals surface area contributed by atoms with Crippen LogP contribution in [-0.4, -0.2) is 59.9 Å². The Morgan fingerprint density at radius 2 is 1.50 bits per heavy atom. The van der Waals surface area contributed by atoms with Crippen LogP contribution in [0.3, 0.4) is 0 Å². The molecule has 1 amide bonds. The molecule has 2 fully saturated rings. The van der Waals surface area contributed by atoms with E-state index in [1.807, 2.05) is 16.7 Å². The normalized spacial score (nSPS) is 22.1. The molecule has 4 heteroatoms. The summed E-state index contributed by atoms with van der Waals surface area (Å²) < 4.78 is 0. The molecule has 2 aliphatic heterocycles. The number of hydrogen-bond acceptors (Lipinski definition) is 3. The van der Waals surface area contributed by atoms with Gasteiger partial charge in [0.15, 0.2) is 0 Å². The first-order valence-corrected chi connectivity index (χ1v) is 8.59. The van der Waals surface area contributed by atoms with E-state index in [-0.39, 0.29) is 0 Å². The van der Waals surface area contributed by atoms with Gasteiger partial charge in [-0.15, -0.1) is 0 Å². The lowest BCUT2D eigenvalue weighted by molar-refractivity contribution is -0.127. The first-order valence-electron chi connectivity index (χ1n) is 7.44. The molecule has 104 valence electrons. The highest BCUT2D eigenvalue weighted by atomic mass is 32.2. The topological polar surface area (TPSA) is 23.6 Å². The van der Waals surface area contributed by atoms with Crippen molar-refractivity contribution in [1.82, 2.24) is 9.80 Å². The van der Waals surface area contributed by atoms with Crippen LogP contribution >= 0.6 is 11.8 Å². The Morgan fingerprint density at radius 3 is 2.17 bits per heavy atom. The Balaban J connectivity index is 1.53. The van der Waals surface area contributed by atoms with Crippen molar-refractivity contribution in [2.24, 2.45) is 0 Å². The van der Waals surface area contributed by atoms with E-state index in [4.69, 9.17) is 0 Å². The van der Waals surface area contributed by atoms with Gasteiger partial charge < -0.3 is 9.80 Å². The number of rotatable bonds is 5. The summed E-state index contributed by atoms with van der Waals surface area (Å²) >= 11 is 1.82. The Labute approximate surface area is 115 Å². The van der Waals surface area contributed by atoms with Gasteiger partial charge in [0.05, 0.1) is 5.75 Å². The van der Waals surface area contributed by atoms with E-state index in [0.717, 1.165) is 25.4 Å². The molecular formula is C14H26N2OS. The first kappa shape index (κ1) is 14.2. The van der Waals surface area contributed by atoms with Gasteiger partial charge in [0.1, 0.15) is 0 Å². The third kappa shape index (κ3) is 4.81. The van der Waals surface area contributed by atoms with E-state index in [0.29, 0.717) is 11.7 Å². The molecule has 2 aliphatic rings. The van der Waals surface area contributed by atoms with Crippen LogP contribution in [0.5, 0.6) is 0 Å². The van der Waals surface area contributed by atoms with Gasteiger partial charge in [0.25, 0.3) is 0 Å². The van der Waals surface area contributed by atoms with Crippen LogP contribution in [0.1, 0.15) is 38.5 Å². The molecule has 2 heterocycles. The summed E-state index contributed by atoms with van der Waals surface area (Å²) in [4.78, 5) is 16.4. The van der Waals surface area contributed by atoms with Gasteiger partial charge in [-0.25, -0.2) is 0 Å². The maximum Gasteiger partial charge on any atom is 0.232 e. The quantitative estimate of drug-likeness (QED) is 0.716. The first-order chi connectivity index (χ1) is 8.86. The fraction of sp³-hybridized carbons (Fsp3) is 0.929. The molecule has 2 saturated heterocycles. The van der Waals surface area contributed by atoms with Crippen molar-refractivity contribution >= 4 is 17.7 Å². The third-order valence-electron chi connectivity index (χ3n) is 3.93. The predicted octanol–water partition coefficient (Wildman–Crippen LogP) is 2.22. The fourth-order valence-electron chi connectivity index (χ4n) is 2.77. The van der Waals surface area contributed by atoms with Gasteiger partial charge in [-0.05, 0) is 38.8 Å². The summed E-state index contributed by atoms with van der Waals surface area (Å²) in [5.41, 5.74) is 0. The predicted molar refractivity (Wildman–Crippen MR) is 78.0 cm³/mol. The lowest BCUT2D eigenvalue weighted by Gasteiger charge is -2.19. The standard InChI is InChI=1S/C14H26N2OS/c17-14(16-9-5-6-10-16)13-18-12-11-15-7-3-1-2-4-8-15/h1-13H2. The Hall–Kier alpha value is -0.220. The molecule has 0 N–H and O–H groups in total. The summed E-state index contributed by atoms with van der Waals surface area (Å²) in [5.74, 6) is 2.15. The van der Waals surface area contributed by atoms with E-state index < -0.39 is 0 Å². The zero-order valence-corrected chi connectivity index (χ0v) is 12.2. The fourth-order valence-corrected chi connectivity index (χ4v) is 3.66. The number of likely N-dealkylation sites (tertiary alicyclic amines) is 2. The molecule has 0 bridgehead atoms. The molecule has 2 rings (SSSR count). The molecule has 0 radical (unpaired) electrons. The van der Waals surface area contributed by atoms with Crippen LogP contribution in [0.25, 0.3) is 0 Å². The van der Waals surface area contributed by atoms with E-state index in [1.165, 1.54) is 51.6 Å². The van der Waals surface area contributed by atoms with Gasteiger partial charge >= 0.3 is 0 Å². The highest BCUT2D eigenvalue weighted by molar-refractivity contribution is 7.99. The molecule has 0 saturated carbocycles. The van der Waals surface area contributed by atoms with Crippen molar-refractivity contribution < 1.29 is 4.79 Å². The average molecular weight is 270 g/mol. The van der Waals surface area contributed by atoms with E-state index in [2.05, 4.69) is 4.90 Å². The molecule has 3 nitrogen and oxygen atoms in total. The second kappa shape index (κ2) is 8.05. The number of thioether (sulfide) groups is 1. The maximum atomic E-state index is 11.8. The van der Waals surface area contributed by atoms with Gasteiger partial charge in [-0.3, -0.25) is 4.79 Å². The maximum absolute atomic E-state index is 11.8. The van der Waals surface area contributed by atoms with Crippen molar-refractivity contribution in [3.8, 4) is 0 Å². The SMILES string of the molecule is O=C(CSCCN1CCCCCC1)N1CCCC1. The molecule has 0 aromatic heterocycles. The zero-order chi connectivity index (χ0) is 12.6. The number of amides is 1. The molecule has 0 atom stereocenters. The minimum absolute atomic E-state index is 0.355. The molecule has 0 spiro atoms. The van der Waals surface area contributed by atoms with Crippen LogP contribution in [0.4, 0.5) is 0 Å². The van der Waals surface area contributed by atoms with E-state index >= 15 is 0 Å². The molecule has 0 unspecified atom stereocenters. The Morgan fingerprint density at radius 1 is 0.889 bits per heavy atom. The van der Waals surface area contributed by atoms with Crippen molar-refractivity contribution in [3.05, 3.63) is 0 Å². The minimum atomic E-state index is 0.355. The number of hydrogen-bond donors (Lipinski definition) is 0. The molecule has 0 aromatic rings. The summed E-state index contributed by atoms with van der Waals surface area (Å²) in [6.07, 6.45) is 7.91. The van der Waals surface area contributed by atoms with Crippen LogP contribution in [0, 0.1) is 0 Å². The zero-order valence-electron chi connectivity index (χ0n) is 11.4. The van der Waals surface area contributed by atoms with E-state index in [9.17, 15) is 4.79 Å². The summed E-state index contributed by atoms with van der Waals surface area (Å²) in [5, 5.41) is 0. The number of carbonyl (C=O) groups is 1. The smallest absolute Gasteiger partial charge is 0.232 e. The lowest BCUT2D eigenvalue weighted by atomic mass is 10.2. The average Bonchev–Trinajstić information content (AvgIpc) is 2.80. The van der Waals surface area contributed by atoms with E-state index in [1.54, 1.807) is 0 Å². The lowest BCUT2D eigenvalue weighted by Crippen LogP contribution is -2.30. The van der Waals surface area contributed by atoms with Gasteiger partial charge in [0.2, 0.25) is 5.91 Å².